The van der Waals surface area contributed by atoms with Crippen LogP contribution in [0.2, 0.25) is 0 Å². The second kappa shape index (κ2) is 7.33. The predicted octanol–water partition coefficient (Wildman–Crippen LogP) is 2.57. The second-order valence-electron chi connectivity index (χ2n) is 4.32. The Labute approximate surface area is 119 Å². The second-order valence-corrected chi connectivity index (χ2v) is 4.32. The highest BCUT2D eigenvalue weighted by Crippen LogP contribution is 2.13. The fraction of sp³-hybridized carbons (Fsp3) is 0.333. The number of benzene rings is 1. The van der Waals surface area contributed by atoms with Crippen molar-refractivity contribution < 1.29 is 4.74 Å². The standard InChI is InChI=1S/C15H20N4O/c1-3-16-15-18-10-8-14(19-15)17-9-7-12-5-4-6-13(11-12)20-2/h4-6,8,10-11H,3,7,9H2,1-2H3,(H2,16,17,18,19). The summed E-state index contributed by atoms with van der Waals surface area (Å²) in [6.45, 7) is 3.65. The van der Waals surface area contributed by atoms with Crippen molar-refractivity contribution in [2.24, 2.45) is 0 Å². The Kier molecular flexibility index (Phi) is 5.17. The lowest BCUT2D eigenvalue weighted by molar-refractivity contribution is 0.414. The third kappa shape index (κ3) is 4.12. The van der Waals surface area contributed by atoms with E-state index >= 15 is 0 Å². The minimum absolute atomic E-state index is 0.652. The first-order valence-corrected chi connectivity index (χ1v) is 6.75. The molecule has 5 heteroatoms. The van der Waals surface area contributed by atoms with E-state index in [-0.39, 0.29) is 0 Å². The molecule has 0 bridgehead atoms. The number of hydrogen-bond donors (Lipinski definition) is 2. The van der Waals surface area contributed by atoms with Crippen LogP contribution in [0.4, 0.5) is 11.8 Å². The molecule has 2 N–H and O–H groups in total. The zero-order chi connectivity index (χ0) is 14.2. The minimum Gasteiger partial charge on any atom is -0.497 e. The number of methoxy groups -OCH3 is 1. The Morgan fingerprint density at radius 2 is 2.10 bits per heavy atom. The Balaban J connectivity index is 1.87. The molecule has 1 aromatic carbocycles. The van der Waals surface area contributed by atoms with Crippen molar-refractivity contribution in [1.82, 2.24) is 9.97 Å². The maximum Gasteiger partial charge on any atom is 0.224 e. The summed E-state index contributed by atoms with van der Waals surface area (Å²) in [4.78, 5) is 8.51. The van der Waals surface area contributed by atoms with Crippen LogP contribution in [-0.2, 0) is 6.42 Å². The van der Waals surface area contributed by atoms with Crippen molar-refractivity contribution >= 4 is 11.8 Å². The highest BCUT2D eigenvalue weighted by Gasteiger charge is 1.99. The van der Waals surface area contributed by atoms with Crippen LogP contribution in [0.25, 0.3) is 0 Å². The molecule has 2 rings (SSSR count). The number of nitrogens with one attached hydrogen (secondary N) is 2. The zero-order valence-corrected chi connectivity index (χ0v) is 11.9. The van der Waals surface area contributed by atoms with Gasteiger partial charge in [-0.05, 0) is 37.1 Å². The van der Waals surface area contributed by atoms with Crippen LogP contribution in [-0.4, -0.2) is 30.2 Å². The SMILES string of the molecule is CCNc1nccc(NCCc2cccc(OC)c2)n1. The van der Waals surface area contributed by atoms with Crippen molar-refractivity contribution in [3.8, 4) is 5.75 Å². The fourth-order valence-corrected chi connectivity index (χ4v) is 1.86. The monoisotopic (exact) mass is 272 g/mol. The number of rotatable bonds is 7. The third-order valence-corrected chi connectivity index (χ3v) is 2.84. The molecule has 0 radical (unpaired) electrons. The largest absolute Gasteiger partial charge is 0.497 e. The molecule has 1 heterocycles. The van der Waals surface area contributed by atoms with Gasteiger partial charge in [-0.15, -0.1) is 0 Å². The summed E-state index contributed by atoms with van der Waals surface area (Å²) >= 11 is 0. The smallest absolute Gasteiger partial charge is 0.224 e. The quantitative estimate of drug-likeness (QED) is 0.811. The van der Waals surface area contributed by atoms with Crippen LogP contribution >= 0.6 is 0 Å². The predicted molar refractivity (Wildman–Crippen MR) is 81.4 cm³/mol. The van der Waals surface area contributed by atoms with Gasteiger partial charge in [-0.2, -0.15) is 4.98 Å². The van der Waals surface area contributed by atoms with Gasteiger partial charge in [0.2, 0.25) is 5.95 Å². The van der Waals surface area contributed by atoms with Crippen LogP contribution in [0.1, 0.15) is 12.5 Å². The number of aromatic nitrogens is 2. The fourth-order valence-electron chi connectivity index (χ4n) is 1.86. The van der Waals surface area contributed by atoms with Crippen LogP contribution in [0.5, 0.6) is 5.75 Å². The van der Waals surface area contributed by atoms with Gasteiger partial charge in [0.1, 0.15) is 11.6 Å². The molecule has 0 spiro atoms. The molecule has 5 nitrogen and oxygen atoms in total. The van der Waals surface area contributed by atoms with E-state index in [2.05, 4.69) is 26.7 Å². The third-order valence-electron chi connectivity index (χ3n) is 2.84. The van der Waals surface area contributed by atoms with Crippen molar-refractivity contribution in [2.75, 3.05) is 30.8 Å². The van der Waals surface area contributed by atoms with E-state index in [0.717, 1.165) is 31.1 Å². The van der Waals surface area contributed by atoms with Crippen molar-refractivity contribution in [3.05, 3.63) is 42.1 Å². The molecule has 2 aromatic rings. The Morgan fingerprint density at radius 3 is 2.90 bits per heavy atom. The maximum absolute atomic E-state index is 5.21. The molecular weight excluding hydrogens is 252 g/mol. The average Bonchev–Trinajstić information content (AvgIpc) is 2.48. The van der Waals surface area contributed by atoms with E-state index in [4.69, 9.17) is 4.74 Å². The van der Waals surface area contributed by atoms with Crippen molar-refractivity contribution in [1.29, 1.82) is 0 Å². The number of nitrogens with zero attached hydrogens (tertiary/aromatic N) is 2. The summed E-state index contributed by atoms with van der Waals surface area (Å²) in [7, 11) is 1.68. The van der Waals surface area contributed by atoms with Gasteiger partial charge in [0.15, 0.2) is 0 Å². The molecule has 0 unspecified atom stereocenters. The molecule has 0 aliphatic heterocycles. The Bertz CT molecular complexity index is 545. The Morgan fingerprint density at radius 1 is 1.20 bits per heavy atom. The number of hydrogen-bond acceptors (Lipinski definition) is 5. The first-order valence-electron chi connectivity index (χ1n) is 6.75. The lowest BCUT2D eigenvalue weighted by Gasteiger charge is -2.08. The van der Waals surface area contributed by atoms with Crippen molar-refractivity contribution in [2.45, 2.75) is 13.3 Å². The molecule has 0 saturated heterocycles. The summed E-state index contributed by atoms with van der Waals surface area (Å²) in [6.07, 6.45) is 2.66. The zero-order valence-electron chi connectivity index (χ0n) is 11.9. The summed E-state index contributed by atoms with van der Waals surface area (Å²) in [5.41, 5.74) is 1.23. The lowest BCUT2D eigenvalue weighted by Crippen LogP contribution is -2.08. The molecule has 0 saturated carbocycles. The lowest BCUT2D eigenvalue weighted by atomic mass is 10.1. The van der Waals surface area contributed by atoms with E-state index in [1.807, 2.05) is 31.2 Å². The summed E-state index contributed by atoms with van der Waals surface area (Å²) in [5.74, 6) is 2.37. The summed E-state index contributed by atoms with van der Waals surface area (Å²) in [6, 6.07) is 9.96. The van der Waals surface area contributed by atoms with E-state index in [1.54, 1.807) is 13.3 Å². The molecule has 1 aromatic heterocycles. The van der Waals surface area contributed by atoms with Gasteiger partial charge in [0.25, 0.3) is 0 Å². The van der Waals surface area contributed by atoms with Gasteiger partial charge in [-0.3, -0.25) is 0 Å². The molecule has 106 valence electrons. The van der Waals surface area contributed by atoms with E-state index in [9.17, 15) is 0 Å². The van der Waals surface area contributed by atoms with E-state index in [0.29, 0.717) is 5.95 Å². The topological polar surface area (TPSA) is 59.1 Å². The number of ether oxygens (including phenoxy) is 1. The highest BCUT2D eigenvalue weighted by atomic mass is 16.5. The van der Waals surface area contributed by atoms with Crippen molar-refractivity contribution in [3.63, 3.8) is 0 Å². The minimum atomic E-state index is 0.652. The van der Waals surface area contributed by atoms with Gasteiger partial charge in [0.05, 0.1) is 7.11 Å². The van der Waals surface area contributed by atoms with E-state index in [1.165, 1.54) is 5.56 Å². The van der Waals surface area contributed by atoms with Gasteiger partial charge >= 0.3 is 0 Å². The molecule has 0 amide bonds. The van der Waals surface area contributed by atoms with Crippen LogP contribution in [0.3, 0.4) is 0 Å². The highest BCUT2D eigenvalue weighted by molar-refractivity contribution is 5.39. The maximum atomic E-state index is 5.21. The molecule has 20 heavy (non-hydrogen) atoms. The first-order chi connectivity index (χ1) is 9.81. The van der Waals surface area contributed by atoms with Crippen LogP contribution in [0.15, 0.2) is 36.5 Å². The van der Waals surface area contributed by atoms with Gasteiger partial charge < -0.3 is 15.4 Å². The van der Waals surface area contributed by atoms with Gasteiger partial charge in [-0.1, -0.05) is 12.1 Å². The summed E-state index contributed by atoms with van der Waals surface area (Å²) < 4.78 is 5.21. The molecule has 0 atom stereocenters. The van der Waals surface area contributed by atoms with Crippen LogP contribution < -0.4 is 15.4 Å². The van der Waals surface area contributed by atoms with Crippen LogP contribution in [0, 0.1) is 0 Å². The normalized spacial score (nSPS) is 10.1. The molecule has 0 aliphatic carbocycles. The van der Waals surface area contributed by atoms with Gasteiger partial charge in [-0.25, -0.2) is 4.98 Å². The first kappa shape index (κ1) is 14.1. The average molecular weight is 272 g/mol. The van der Waals surface area contributed by atoms with E-state index < -0.39 is 0 Å². The Hall–Kier alpha value is -2.30. The molecule has 0 aliphatic rings. The molecular formula is C15H20N4O. The van der Waals surface area contributed by atoms with Gasteiger partial charge in [0, 0.05) is 19.3 Å². The summed E-state index contributed by atoms with van der Waals surface area (Å²) in [5, 5.41) is 6.39. The number of anilines is 2. The molecule has 0 fully saturated rings.